The third-order valence-electron chi connectivity index (χ3n) is 2.39. The molecule has 0 aliphatic heterocycles. The average Bonchev–Trinajstić information content (AvgIpc) is 2.65. The van der Waals surface area contributed by atoms with Crippen LogP contribution < -0.4 is 5.32 Å². The normalized spacial score (nSPS) is 13.1. The van der Waals surface area contributed by atoms with Gasteiger partial charge in [-0.05, 0) is 35.9 Å². The van der Waals surface area contributed by atoms with Crippen molar-refractivity contribution in [3.8, 4) is 0 Å². The molecule has 1 rings (SSSR count). The minimum absolute atomic E-state index is 0.567. The fourth-order valence-electron chi connectivity index (χ4n) is 1.55. The number of rotatable bonds is 6. The predicted molar refractivity (Wildman–Crippen MR) is 60.3 cm³/mol. The van der Waals surface area contributed by atoms with E-state index in [4.69, 9.17) is 0 Å². The lowest BCUT2D eigenvalue weighted by Gasteiger charge is -2.14. The summed E-state index contributed by atoms with van der Waals surface area (Å²) < 4.78 is 0. The Balaban J connectivity index is 2.35. The molecule has 13 heavy (non-hydrogen) atoms. The van der Waals surface area contributed by atoms with Crippen molar-refractivity contribution in [1.29, 1.82) is 0 Å². The van der Waals surface area contributed by atoms with Crippen LogP contribution in [0.15, 0.2) is 16.8 Å². The van der Waals surface area contributed by atoms with Crippen LogP contribution in [0.5, 0.6) is 0 Å². The third kappa shape index (κ3) is 3.49. The Morgan fingerprint density at radius 3 is 2.85 bits per heavy atom. The third-order valence-corrected chi connectivity index (χ3v) is 3.09. The van der Waals surface area contributed by atoms with Gasteiger partial charge in [-0.2, -0.15) is 11.3 Å². The molecule has 0 aliphatic carbocycles. The van der Waals surface area contributed by atoms with Gasteiger partial charge in [0, 0.05) is 6.04 Å². The highest BCUT2D eigenvalue weighted by molar-refractivity contribution is 7.07. The first-order chi connectivity index (χ1) is 6.38. The summed E-state index contributed by atoms with van der Waals surface area (Å²) in [6.07, 6.45) is 5.25. The first-order valence-corrected chi connectivity index (χ1v) is 6.02. The Labute approximate surface area is 85.2 Å². The van der Waals surface area contributed by atoms with Crippen molar-refractivity contribution in [3.05, 3.63) is 22.4 Å². The van der Waals surface area contributed by atoms with Crippen molar-refractivity contribution < 1.29 is 0 Å². The van der Waals surface area contributed by atoms with Gasteiger partial charge >= 0.3 is 0 Å². The van der Waals surface area contributed by atoms with Gasteiger partial charge in [0.2, 0.25) is 0 Å². The van der Waals surface area contributed by atoms with Gasteiger partial charge < -0.3 is 5.32 Å². The SMILES string of the molecule is CCCCCC(NC)c1ccsc1. The van der Waals surface area contributed by atoms with Crippen LogP contribution in [0.4, 0.5) is 0 Å². The molecule has 74 valence electrons. The molecule has 2 heteroatoms. The van der Waals surface area contributed by atoms with Crippen molar-refractivity contribution in [2.75, 3.05) is 7.05 Å². The molecule has 1 aromatic rings. The molecular formula is C11H19NS. The maximum Gasteiger partial charge on any atom is 0.0325 e. The number of hydrogen-bond acceptors (Lipinski definition) is 2. The van der Waals surface area contributed by atoms with Gasteiger partial charge in [0.25, 0.3) is 0 Å². The molecule has 1 unspecified atom stereocenters. The molecular weight excluding hydrogens is 178 g/mol. The highest BCUT2D eigenvalue weighted by Gasteiger charge is 2.07. The molecule has 0 spiro atoms. The summed E-state index contributed by atoms with van der Waals surface area (Å²) in [6, 6.07) is 2.79. The van der Waals surface area contributed by atoms with Crippen molar-refractivity contribution in [2.24, 2.45) is 0 Å². The summed E-state index contributed by atoms with van der Waals surface area (Å²) in [4.78, 5) is 0. The van der Waals surface area contributed by atoms with Crippen LogP contribution in [0, 0.1) is 0 Å². The summed E-state index contributed by atoms with van der Waals surface area (Å²) >= 11 is 1.78. The van der Waals surface area contributed by atoms with E-state index in [-0.39, 0.29) is 0 Å². The summed E-state index contributed by atoms with van der Waals surface area (Å²) in [7, 11) is 2.05. The zero-order chi connectivity index (χ0) is 9.52. The summed E-state index contributed by atoms with van der Waals surface area (Å²) in [5, 5.41) is 7.77. The Morgan fingerprint density at radius 2 is 2.31 bits per heavy atom. The van der Waals surface area contributed by atoms with Gasteiger partial charge in [-0.1, -0.05) is 26.2 Å². The van der Waals surface area contributed by atoms with E-state index in [1.807, 2.05) is 7.05 Å². The van der Waals surface area contributed by atoms with E-state index in [1.165, 1.54) is 31.2 Å². The highest BCUT2D eigenvalue weighted by atomic mass is 32.1. The summed E-state index contributed by atoms with van der Waals surface area (Å²) in [6.45, 7) is 2.25. The zero-order valence-electron chi connectivity index (χ0n) is 8.55. The second-order valence-corrected chi connectivity index (χ2v) is 4.17. The summed E-state index contributed by atoms with van der Waals surface area (Å²) in [5.74, 6) is 0. The fraction of sp³-hybridized carbons (Fsp3) is 0.636. The van der Waals surface area contributed by atoms with E-state index in [9.17, 15) is 0 Å². The Hall–Kier alpha value is -0.340. The molecule has 1 atom stereocenters. The maximum atomic E-state index is 3.37. The number of nitrogens with one attached hydrogen (secondary N) is 1. The molecule has 0 amide bonds. The van der Waals surface area contributed by atoms with E-state index in [2.05, 4.69) is 29.1 Å². The number of unbranched alkanes of at least 4 members (excludes halogenated alkanes) is 2. The maximum absolute atomic E-state index is 3.37. The first-order valence-electron chi connectivity index (χ1n) is 5.07. The van der Waals surface area contributed by atoms with Crippen molar-refractivity contribution >= 4 is 11.3 Å². The zero-order valence-corrected chi connectivity index (χ0v) is 9.36. The van der Waals surface area contributed by atoms with Crippen LogP contribution in [0.3, 0.4) is 0 Å². The van der Waals surface area contributed by atoms with Crippen LogP contribution in [-0.4, -0.2) is 7.05 Å². The van der Waals surface area contributed by atoms with Gasteiger partial charge in [-0.3, -0.25) is 0 Å². The topological polar surface area (TPSA) is 12.0 Å². The van der Waals surface area contributed by atoms with E-state index in [1.54, 1.807) is 11.3 Å². The van der Waals surface area contributed by atoms with Gasteiger partial charge in [-0.25, -0.2) is 0 Å². The second kappa shape index (κ2) is 6.17. The number of thiophene rings is 1. The molecule has 0 aromatic carbocycles. The van der Waals surface area contributed by atoms with Crippen LogP contribution >= 0.6 is 11.3 Å². The Kier molecular flexibility index (Phi) is 5.09. The van der Waals surface area contributed by atoms with E-state index in [0.717, 1.165) is 0 Å². The fourth-order valence-corrected chi connectivity index (χ4v) is 2.26. The molecule has 0 saturated heterocycles. The van der Waals surface area contributed by atoms with Gasteiger partial charge in [0.1, 0.15) is 0 Å². The van der Waals surface area contributed by atoms with Gasteiger partial charge in [0.15, 0.2) is 0 Å². The van der Waals surface area contributed by atoms with E-state index < -0.39 is 0 Å². The van der Waals surface area contributed by atoms with Crippen LogP contribution in [0.2, 0.25) is 0 Å². The van der Waals surface area contributed by atoms with Gasteiger partial charge in [-0.15, -0.1) is 0 Å². The molecule has 1 heterocycles. The molecule has 0 bridgehead atoms. The number of hydrogen-bond donors (Lipinski definition) is 1. The minimum atomic E-state index is 0.567. The molecule has 1 aromatic heterocycles. The molecule has 1 nitrogen and oxygen atoms in total. The second-order valence-electron chi connectivity index (χ2n) is 3.39. The minimum Gasteiger partial charge on any atom is -0.313 e. The standard InChI is InChI=1S/C11H19NS/c1-3-4-5-6-11(12-2)10-7-8-13-9-10/h7-9,11-12H,3-6H2,1-2H3. The van der Waals surface area contributed by atoms with Gasteiger partial charge in [0.05, 0.1) is 0 Å². The van der Waals surface area contributed by atoms with E-state index in [0.29, 0.717) is 6.04 Å². The lowest BCUT2D eigenvalue weighted by molar-refractivity contribution is 0.513. The first kappa shape index (κ1) is 10.7. The van der Waals surface area contributed by atoms with Crippen LogP contribution in [0.25, 0.3) is 0 Å². The van der Waals surface area contributed by atoms with E-state index >= 15 is 0 Å². The lowest BCUT2D eigenvalue weighted by atomic mass is 10.0. The largest absolute Gasteiger partial charge is 0.313 e. The van der Waals surface area contributed by atoms with Crippen molar-refractivity contribution in [1.82, 2.24) is 5.32 Å². The molecule has 0 saturated carbocycles. The summed E-state index contributed by atoms with van der Waals surface area (Å²) in [5.41, 5.74) is 1.45. The predicted octanol–water partition coefficient (Wildman–Crippen LogP) is 3.59. The molecule has 0 fully saturated rings. The smallest absolute Gasteiger partial charge is 0.0325 e. The quantitative estimate of drug-likeness (QED) is 0.687. The molecule has 1 N–H and O–H groups in total. The average molecular weight is 197 g/mol. The van der Waals surface area contributed by atoms with Crippen molar-refractivity contribution in [2.45, 2.75) is 38.6 Å². The van der Waals surface area contributed by atoms with Crippen molar-refractivity contribution in [3.63, 3.8) is 0 Å². The lowest BCUT2D eigenvalue weighted by Crippen LogP contribution is -2.15. The monoisotopic (exact) mass is 197 g/mol. The Bertz CT molecular complexity index is 206. The molecule has 0 aliphatic rings. The Morgan fingerprint density at radius 1 is 1.46 bits per heavy atom. The molecule has 0 radical (unpaired) electrons. The van der Waals surface area contributed by atoms with Crippen LogP contribution in [0.1, 0.15) is 44.2 Å². The van der Waals surface area contributed by atoms with Crippen LogP contribution in [-0.2, 0) is 0 Å². The highest BCUT2D eigenvalue weighted by Crippen LogP contribution is 2.21.